The summed E-state index contributed by atoms with van der Waals surface area (Å²) in [4.78, 5) is 25.8. The lowest BCUT2D eigenvalue weighted by Gasteiger charge is -2.33. The number of hydrogen-bond donors (Lipinski definition) is 1. The zero-order valence-electron chi connectivity index (χ0n) is 13.0. The standard InChI is InChI=1S/C16H17N5O3/c22-14(11-3-1-2-4-13(11)21-10-17-18-19-21)20-7-5-16(6-8-20)9-12(16)15(23)24/h1-4,10,12H,5-9H2,(H,23,24). The Morgan fingerprint density at radius 3 is 2.58 bits per heavy atom. The molecular weight excluding hydrogens is 310 g/mol. The molecule has 2 fully saturated rings. The number of para-hydroxylation sites is 1. The fourth-order valence-corrected chi connectivity index (χ4v) is 3.70. The van der Waals surface area contributed by atoms with Crippen LogP contribution in [0.15, 0.2) is 30.6 Å². The van der Waals surface area contributed by atoms with Crippen molar-refractivity contribution in [1.82, 2.24) is 25.1 Å². The summed E-state index contributed by atoms with van der Waals surface area (Å²) in [5.74, 6) is -1.01. The Labute approximate surface area is 138 Å². The summed E-state index contributed by atoms with van der Waals surface area (Å²) >= 11 is 0. The van der Waals surface area contributed by atoms with Crippen molar-refractivity contribution in [2.45, 2.75) is 19.3 Å². The van der Waals surface area contributed by atoms with E-state index in [9.17, 15) is 9.59 Å². The van der Waals surface area contributed by atoms with Crippen LogP contribution in [0.4, 0.5) is 0 Å². The van der Waals surface area contributed by atoms with Gasteiger partial charge >= 0.3 is 5.97 Å². The summed E-state index contributed by atoms with van der Waals surface area (Å²) in [7, 11) is 0. The highest BCUT2D eigenvalue weighted by Crippen LogP contribution is 2.59. The summed E-state index contributed by atoms with van der Waals surface area (Å²) in [6, 6.07) is 7.21. The van der Waals surface area contributed by atoms with E-state index in [-0.39, 0.29) is 17.2 Å². The summed E-state index contributed by atoms with van der Waals surface area (Å²) in [6.45, 7) is 1.18. The Kier molecular flexibility index (Phi) is 3.33. The minimum atomic E-state index is -0.709. The Morgan fingerprint density at radius 1 is 1.21 bits per heavy atom. The van der Waals surface area contributed by atoms with Crippen molar-refractivity contribution in [3.05, 3.63) is 36.2 Å². The average Bonchev–Trinajstić information content (AvgIpc) is 3.05. The highest BCUT2D eigenvalue weighted by atomic mass is 16.4. The first kappa shape index (κ1) is 14.8. The van der Waals surface area contributed by atoms with Gasteiger partial charge in [0.1, 0.15) is 6.33 Å². The first-order valence-electron chi connectivity index (χ1n) is 7.95. The molecule has 2 aliphatic rings. The number of rotatable bonds is 3. The van der Waals surface area contributed by atoms with Crippen molar-refractivity contribution in [3.8, 4) is 5.69 Å². The molecule has 8 heteroatoms. The molecule has 1 atom stereocenters. The number of carbonyl (C=O) groups excluding carboxylic acids is 1. The molecule has 0 radical (unpaired) electrons. The summed E-state index contributed by atoms with van der Waals surface area (Å²) < 4.78 is 1.47. The number of likely N-dealkylation sites (tertiary alicyclic amines) is 1. The van der Waals surface area contributed by atoms with Gasteiger partial charge in [-0.15, -0.1) is 5.10 Å². The van der Waals surface area contributed by atoms with Crippen molar-refractivity contribution >= 4 is 11.9 Å². The molecule has 1 unspecified atom stereocenters. The van der Waals surface area contributed by atoms with Gasteiger partial charge in [0.15, 0.2) is 0 Å². The normalized spacial score (nSPS) is 21.7. The van der Waals surface area contributed by atoms with Crippen molar-refractivity contribution in [2.24, 2.45) is 11.3 Å². The van der Waals surface area contributed by atoms with Crippen molar-refractivity contribution in [3.63, 3.8) is 0 Å². The van der Waals surface area contributed by atoms with Crippen molar-refractivity contribution in [1.29, 1.82) is 0 Å². The predicted octanol–water partition coefficient (Wildman–Crippen LogP) is 0.989. The van der Waals surface area contributed by atoms with E-state index in [0.29, 0.717) is 24.3 Å². The van der Waals surface area contributed by atoms with Gasteiger partial charge in [-0.2, -0.15) is 4.68 Å². The number of hydrogen-bond acceptors (Lipinski definition) is 5. The van der Waals surface area contributed by atoms with Crippen LogP contribution in [-0.4, -0.2) is 55.2 Å². The lowest BCUT2D eigenvalue weighted by molar-refractivity contribution is -0.139. The summed E-state index contributed by atoms with van der Waals surface area (Å²) in [5.41, 5.74) is 1.10. The molecule has 1 aliphatic heterocycles. The second-order valence-corrected chi connectivity index (χ2v) is 6.52. The van der Waals surface area contributed by atoms with Crippen LogP contribution < -0.4 is 0 Å². The molecule has 1 aromatic heterocycles. The van der Waals surface area contributed by atoms with Gasteiger partial charge in [-0.25, -0.2) is 0 Å². The maximum absolute atomic E-state index is 12.9. The van der Waals surface area contributed by atoms with Gasteiger partial charge in [0, 0.05) is 13.1 Å². The first-order valence-corrected chi connectivity index (χ1v) is 7.95. The largest absolute Gasteiger partial charge is 0.481 e. The fraction of sp³-hybridized carbons (Fsp3) is 0.438. The third kappa shape index (κ3) is 2.34. The molecule has 8 nitrogen and oxygen atoms in total. The van der Waals surface area contributed by atoms with E-state index in [2.05, 4.69) is 15.5 Å². The fourth-order valence-electron chi connectivity index (χ4n) is 3.70. The van der Waals surface area contributed by atoms with Crippen LogP contribution in [0.25, 0.3) is 5.69 Å². The van der Waals surface area contributed by atoms with Crippen LogP contribution in [0.2, 0.25) is 0 Å². The molecule has 0 bridgehead atoms. The van der Waals surface area contributed by atoms with E-state index in [0.717, 1.165) is 19.3 Å². The topological polar surface area (TPSA) is 101 Å². The third-order valence-corrected chi connectivity index (χ3v) is 5.26. The number of nitrogens with zero attached hydrogens (tertiary/aromatic N) is 5. The number of aliphatic carboxylic acids is 1. The second-order valence-electron chi connectivity index (χ2n) is 6.52. The van der Waals surface area contributed by atoms with E-state index in [1.165, 1.54) is 11.0 Å². The molecule has 1 saturated heterocycles. The van der Waals surface area contributed by atoms with Gasteiger partial charge in [-0.3, -0.25) is 9.59 Å². The molecule has 124 valence electrons. The van der Waals surface area contributed by atoms with Crippen LogP contribution in [-0.2, 0) is 4.79 Å². The highest BCUT2D eigenvalue weighted by molar-refractivity contribution is 5.97. The van der Waals surface area contributed by atoms with Crippen LogP contribution in [0.3, 0.4) is 0 Å². The number of benzene rings is 1. The number of carboxylic acid groups (broad SMARTS) is 1. The number of tetrazole rings is 1. The Bertz CT molecular complexity index is 781. The van der Waals surface area contributed by atoms with Crippen LogP contribution in [0.5, 0.6) is 0 Å². The first-order chi connectivity index (χ1) is 11.6. The van der Waals surface area contributed by atoms with Gasteiger partial charge in [0.05, 0.1) is 17.2 Å². The van der Waals surface area contributed by atoms with E-state index < -0.39 is 5.97 Å². The Hall–Kier alpha value is -2.77. The zero-order valence-corrected chi connectivity index (χ0v) is 13.0. The molecule has 2 aromatic rings. The number of carboxylic acids is 1. The van der Waals surface area contributed by atoms with Gasteiger partial charge in [-0.05, 0) is 47.2 Å². The number of piperidine rings is 1. The summed E-state index contributed by atoms with van der Waals surface area (Å²) in [5, 5.41) is 20.3. The minimum absolute atomic E-state index is 0.0662. The van der Waals surface area contributed by atoms with E-state index >= 15 is 0 Å². The molecule has 1 amide bonds. The maximum Gasteiger partial charge on any atom is 0.307 e. The van der Waals surface area contributed by atoms with Gasteiger partial charge in [-0.1, -0.05) is 12.1 Å². The van der Waals surface area contributed by atoms with Crippen LogP contribution in [0.1, 0.15) is 29.6 Å². The molecule has 1 aromatic carbocycles. The smallest absolute Gasteiger partial charge is 0.307 e. The van der Waals surface area contributed by atoms with Crippen molar-refractivity contribution in [2.75, 3.05) is 13.1 Å². The molecule has 1 spiro atoms. The third-order valence-electron chi connectivity index (χ3n) is 5.26. The van der Waals surface area contributed by atoms with Gasteiger partial charge < -0.3 is 10.0 Å². The maximum atomic E-state index is 12.9. The molecule has 4 rings (SSSR count). The summed E-state index contributed by atoms with van der Waals surface area (Å²) in [6.07, 6.45) is 3.70. The minimum Gasteiger partial charge on any atom is -0.481 e. The SMILES string of the molecule is O=C(O)C1CC12CCN(C(=O)c1ccccc1-n1cnnn1)CC2. The zero-order chi connectivity index (χ0) is 16.7. The van der Waals surface area contributed by atoms with E-state index in [4.69, 9.17) is 5.11 Å². The van der Waals surface area contributed by atoms with E-state index in [1.807, 2.05) is 12.1 Å². The molecule has 1 N–H and O–H groups in total. The molecule has 2 heterocycles. The lowest BCUT2D eigenvalue weighted by Crippen LogP contribution is -2.40. The molecule has 24 heavy (non-hydrogen) atoms. The molecule has 1 aliphatic carbocycles. The quantitative estimate of drug-likeness (QED) is 0.902. The van der Waals surface area contributed by atoms with Crippen LogP contribution >= 0.6 is 0 Å². The second kappa shape index (κ2) is 5.40. The Balaban J connectivity index is 1.51. The number of amides is 1. The van der Waals surface area contributed by atoms with E-state index in [1.54, 1.807) is 17.0 Å². The lowest BCUT2D eigenvalue weighted by atomic mass is 9.90. The van der Waals surface area contributed by atoms with Crippen LogP contribution in [0, 0.1) is 11.3 Å². The number of carbonyl (C=O) groups is 2. The molecular formula is C16H17N5O3. The number of aromatic nitrogens is 4. The molecule has 1 saturated carbocycles. The van der Waals surface area contributed by atoms with Crippen molar-refractivity contribution < 1.29 is 14.7 Å². The Morgan fingerprint density at radius 2 is 1.96 bits per heavy atom. The monoisotopic (exact) mass is 327 g/mol. The highest BCUT2D eigenvalue weighted by Gasteiger charge is 2.59. The average molecular weight is 327 g/mol. The van der Waals surface area contributed by atoms with Gasteiger partial charge in [0.2, 0.25) is 0 Å². The predicted molar refractivity (Wildman–Crippen MR) is 82.5 cm³/mol. The van der Waals surface area contributed by atoms with Gasteiger partial charge in [0.25, 0.3) is 5.91 Å².